The Balaban J connectivity index is 1.36. The summed E-state index contributed by atoms with van der Waals surface area (Å²) in [6.45, 7) is 8.68. The smallest absolute Gasteiger partial charge is 0.243 e. The lowest BCUT2D eigenvalue weighted by Crippen LogP contribution is -2.48. The van der Waals surface area contributed by atoms with Gasteiger partial charge in [0.15, 0.2) is 5.65 Å². The number of aromatic nitrogens is 3. The molecule has 0 spiro atoms. The van der Waals surface area contributed by atoms with E-state index in [1.54, 1.807) is 10.5 Å². The van der Waals surface area contributed by atoms with E-state index in [0.29, 0.717) is 37.6 Å². The number of hydrogen-bond donors (Lipinski definition) is 0. The van der Waals surface area contributed by atoms with Gasteiger partial charge in [-0.25, -0.2) is 18.4 Å². The molecule has 5 rings (SSSR count). The first-order chi connectivity index (χ1) is 16.3. The van der Waals surface area contributed by atoms with E-state index in [9.17, 15) is 8.42 Å². The van der Waals surface area contributed by atoms with Crippen LogP contribution in [0.4, 0.5) is 0 Å². The summed E-state index contributed by atoms with van der Waals surface area (Å²) in [4.78, 5) is 12.1. The van der Waals surface area contributed by atoms with Gasteiger partial charge in [-0.2, -0.15) is 4.31 Å². The Bertz CT molecular complexity index is 1440. The molecule has 176 valence electrons. The fraction of sp³-hybridized carbons (Fsp3) is 0.308. The van der Waals surface area contributed by atoms with Gasteiger partial charge < -0.3 is 0 Å². The lowest BCUT2D eigenvalue weighted by Gasteiger charge is -2.34. The average Bonchev–Trinajstić information content (AvgIpc) is 3.20. The van der Waals surface area contributed by atoms with E-state index in [1.165, 1.54) is 0 Å². The minimum atomic E-state index is -3.52. The van der Waals surface area contributed by atoms with Crippen molar-refractivity contribution in [1.82, 2.24) is 23.7 Å². The van der Waals surface area contributed by atoms with Gasteiger partial charge in [0, 0.05) is 38.1 Å². The molecule has 0 atom stereocenters. The fourth-order valence-corrected chi connectivity index (χ4v) is 6.31. The SMILES string of the molecule is Cc1cc(C)c(S(=O)(=O)N2CCN(Cc3nc4cccnc4n3-c3ccccc3)CC2)cc1C. The van der Waals surface area contributed by atoms with Gasteiger partial charge in [0.1, 0.15) is 11.3 Å². The maximum Gasteiger partial charge on any atom is 0.243 e. The van der Waals surface area contributed by atoms with Crippen molar-refractivity contribution in [2.24, 2.45) is 0 Å². The molecule has 0 radical (unpaired) electrons. The van der Waals surface area contributed by atoms with E-state index < -0.39 is 10.0 Å². The van der Waals surface area contributed by atoms with Crippen LogP contribution in [0.25, 0.3) is 16.9 Å². The van der Waals surface area contributed by atoms with E-state index in [-0.39, 0.29) is 0 Å². The minimum Gasteiger partial charge on any atom is -0.293 e. The molecule has 4 aromatic rings. The van der Waals surface area contributed by atoms with Gasteiger partial charge in [0.25, 0.3) is 0 Å². The van der Waals surface area contributed by atoms with Gasteiger partial charge in [0.2, 0.25) is 10.0 Å². The Labute approximate surface area is 200 Å². The molecule has 0 unspecified atom stereocenters. The summed E-state index contributed by atoms with van der Waals surface area (Å²) in [6, 6.07) is 17.7. The van der Waals surface area contributed by atoms with Gasteiger partial charge in [-0.3, -0.25) is 9.47 Å². The van der Waals surface area contributed by atoms with Crippen LogP contribution < -0.4 is 0 Å². The molecule has 1 fully saturated rings. The highest BCUT2D eigenvalue weighted by molar-refractivity contribution is 7.89. The number of piperazine rings is 1. The average molecular weight is 476 g/mol. The molecule has 2 aromatic carbocycles. The first-order valence-electron chi connectivity index (χ1n) is 11.5. The number of benzene rings is 2. The molecule has 0 bridgehead atoms. The predicted octanol–water partition coefficient (Wildman–Crippen LogP) is 3.85. The molecule has 1 aliphatic heterocycles. The quantitative estimate of drug-likeness (QED) is 0.438. The molecule has 0 amide bonds. The van der Waals surface area contributed by atoms with Crippen molar-refractivity contribution in [1.29, 1.82) is 0 Å². The first kappa shape index (κ1) is 22.7. The van der Waals surface area contributed by atoms with Crippen LogP contribution in [0, 0.1) is 20.8 Å². The number of hydrogen-bond acceptors (Lipinski definition) is 5. The lowest BCUT2D eigenvalue weighted by atomic mass is 10.1. The zero-order chi connectivity index (χ0) is 23.9. The highest BCUT2D eigenvalue weighted by Crippen LogP contribution is 2.25. The summed E-state index contributed by atoms with van der Waals surface area (Å²) >= 11 is 0. The maximum absolute atomic E-state index is 13.4. The van der Waals surface area contributed by atoms with Crippen LogP contribution in [0.3, 0.4) is 0 Å². The Hall–Kier alpha value is -3.07. The fourth-order valence-electron chi connectivity index (χ4n) is 4.59. The lowest BCUT2D eigenvalue weighted by molar-refractivity contribution is 0.177. The molecule has 1 saturated heterocycles. The van der Waals surface area contributed by atoms with Crippen molar-refractivity contribution in [2.45, 2.75) is 32.2 Å². The second-order valence-electron chi connectivity index (χ2n) is 8.93. The molecule has 2 aromatic heterocycles. The summed E-state index contributed by atoms with van der Waals surface area (Å²) in [5.74, 6) is 0.904. The molecule has 8 heteroatoms. The van der Waals surface area contributed by atoms with Crippen LogP contribution in [0.1, 0.15) is 22.5 Å². The van der Waals surface area contributed by atoms with Crippen LogP contribution in [-0.4, -0.2) is 58.3 Å². The number of rotatable bonds is 5. The second kappa shape index (κ2) is 8.94. The van der Waals surface area contributed by atoms with Gasteiger partial charge >= 0.3 is 0 Å². The molecule has 7 nitrogen and oxygen atoms in total. The number of fused-ring (bicyclic) bond motifs is 1. The van der Waals surface area contributed by atoms with E-state index in [4.69, 9.17) is 4.98 Å². The van der Waals surface area contributed by atoms with Crippen molar-refractivity contribution in [3.63, 3.8) is 0 Å². The third-order valence-corrected chi connectivity index (χ3v) is 8.65. The Kier molecular flexibility index (Phi) is 5.97. The van der Waals surface area contributed by atoms with Crippen LogP contribution in [-0.2, 0) is 16.6 Å². The summed E-state index contributed by atoms with van der Waals surface area (Å²) in [7, 11) is -3.52. The number of para-hydroxylation sites is 1. The first-order valence-corrected chi connectivity index (χ1v) is 13.0. The summed E-state index contributed by atoms with van der Waals surface area (Å²) < 4.78 is 30.5. The highest BCUT2D eigenvalue weighted by Gasteiger charge is 2.30. The zero-order valence-electron chi connectivity index (χ0n) is 19.8. The van der Waals surface area contributed by atoms with Crippen molar-refractivity contribution in [2.75, 3.05) is 26.2 Å². The summed E-state index contributed by atoms with van der Waals surface area (Å²) in [5, 5.41) is 0. The predicted molar refractivity (Wildman–Crippen MR) is 134 cm³/mol. The maximum atomic E-state index is 13.4. The number of sulfonamides is 1. The Morgan fingerprint density at radius 1 is 0.853 bits per heavy atom. The minimum absolute atomic E-state index is 0.418. The summed E-state index contributed by atoms with van der Waals surface area (Å²) in [5.41, 5.74) is 5.61. The van der Waals surface area contributed by atoms with Crippen molar-refractivity contribution in [3.05, 3.63) is 83.3 Å². The van der Waals surface area contributed by atoms with Crippen molar-refractivity contribution >= 4 is 21.2 Å². The second-order valence-corrected chi connectivity index (χ2v) is 10.8. The molecule has 0 saturated carbocycles. The van der Waals surface area contributed by atoms with Crippen molar-refractivity contribution in [3.8, 4) is 5.69 Å². The van der Waals surface area contributed by atoms with Gasteiger partial charge in [0.05, 0.1) is 11.4 Å². The van der Waals surface area contributed by atoms with E-state index in [1.807, 2.05) is 63.2 Å². The molecule has 3 heterocycles. The van der Waals surface area contributed by atoms with Crippen LogP contribution >= 0.6 is 0 Å². The third-order valence-electron chi connectivity index (χ3n) is 6.61. The molecular formula is C26H29N5O2S. The Morgan fingerprint density at radius 2 is 1.56 bits per heavy atom. The van der Waals surface area contributed by atoms with Gasteiger partial charge in [-0.05, 0) is 67.8 Å². The van der Waals surface area contributed by atoms with E-state index in [0.717, 1.165) is 39.4 Å². The van der Waals surface area contributed by atoms with Crippen LogP contribution in [0.15, 0.2) is 65.7 Å². The van der Waals surface area contributed by atoms with Crippen LogP contribution in [0.5, 0.6) is 0 Å². The molecule has 0 N–H and O–H groups in total. The number of aryl methyl sites for hydroxylation is 3. The van der Waals surface area contributed by atoms with Gasteiger partial charge in [-0.1, -0.05) is 24.3 Å². The molecular weight excluding hydrogens is 446 g/mol. The standard InChI is InChI=1S/C26H29N5O2S/c1-19-16-21(3)24(17-20(19)2)34(32,33)30-14-12-29(13-15-30)18-25-28-23-10-7-11-27-26(23)31(25)22-8-5-4-6-9-22/h4-11,16-17H,12-15,18H2,1-3H3. The topological polar surface area (TPSA) is 71.3 Å². The zero-order valence-corrected chi connectivity index (χ0v) is 20.6. The third kappa shape index (κ3) is 4.13. The number of pyridine rings is 1. The Morgan fingerprint density at radius 3 is 2.29 bits per heavy atom. The van der Waals surface area contributed by atoms with Gasteiger partial charge in [-0.15, -0.1) is 0 Å². The molecule has 34 heavy (non-hydrogen) atoms. The largest absolute Gasteiger partial charge is 0.293 e. The number of nitrogens with zero attached hydrogens (tertiary/aromatic N) is 5. The molecule has 0 aliphatic carbocycles. The summed E-state index contributed by atoms with van der Waals surface area (Å²) in [6.07, 6.45) is 1.78. The van der Waals surface area contributed by atoms with Crippen molar-refractivity contribution < 1.29 is 8.42 Å². The normalized spacial score (nSPS) is 15.7. The van der Waals surface area contributed by atoms with Crippen LogP contribution in [0.2, 0.25) is 0 Å². The number of imidazole rings is 1. The van der Waals surface area contributed by atoms with E-state index in [2.05, 4.69) is 26.6 Å². The molecule has 1 aliphatic rings. The monoisotopic (exact) mass is 475 g/mol. The van der Waals surface area contributed by atoms with E-state index >= 15 is 0 Å². The highest BCUT2D eigenvalue weighted by atomic mass is 32.2.